The number of fused-ring (bicyclic) bond motifs is 1. The Balaban J connectivity index is 1.65. The topological polar surface area (TPSA) is 88.6 Å². The van der Waals surface area contributed by atoms with E-state index in [2.05, 4.69) is 15.0 Å². The fraction of sp³-hybridized carbons (Fsp3) is 0.0833. The van der Waals surface area contributed by atoms with E-state index in [0.29, 0.717) is 10.9 Å². The lowest BCUT2D eigenvalue weighted by atomic mass is 10.2. The van der Waals surface area contributed by atoms with Crippen LogP contribution >= 0.6 is 0 Å². The van der Waals surface area contributed by atoms with Crippen molar-refractivity contribution < 1.29 is 31.1 Å². The summed E-state index contributed by atoms with van der Waals surface area (Å²) in [6.45, 7) is -0.603. The molecule has 1 heterocycles. The van der Waals surface area contributed by atoms with Crippen LogP contribution in [-0.2, 0) is 14.8 Å². The highest BCUT2D eigenvalue weighted by molar-refractivity contribution is 7.92. The molecule has 0 radical (unpaired) electrons. The van der Waals surface area contributed by atoms with Gasteiger partial charge < -0.3 is 10.1 Å². The number of benzene rings is 3. The number of hydrogen-bond donors (Lipinski definition) is 1. The second-order valence-electron chi connectivity index (χ2n) is 7.30. The highest BCUT2D eigenvalue weighted by Gasteiger charge is 2.31. The van der Waals surface area contributed by atoms with Crippen LogP contribution < -0.4 is 14.4 Å². The fourth-order valence-corrected chi connectivity index (χ4v) is 4.83. The molecule has 0 aliphatic rings. The first-order valence-corrected chi connectivity index (χ1v) is 11.6. The minimum Gasteiger partial charge on any atom is -0.406 e. The third-order valence-electron chi connectivity index (χ3n) is 4.87. The van der Waals surface area contributed by atoms with Gasteiger partial charge in [0.15, 0.2) is 0 Å². The van der Waals surface area contributed by atoms with Crippen molar-refractivity contribution in [1.82, 2.24) is 4.98 Å². The third-order valence-corrected chi connectivity index (χ3v) is 6.64. The highest BCUT2D eigenvalue weighted by Crippen LogP contribution is 2.30. The summed E-state index contributed by atoms with van der Waals surface area (Å²) in [6, 6.07) is 20.6. The molecule has 0 unspecified atom stereocenters. The Morgan fingerprint density at radius 2 is 1.60 bits per heavy atom. The van der Waals surface area contributed by atoms with Crippen LogP contribution in [0.4, 0.5) is 24.5 Å². The average Bonchev–Trinajstić information content (AvgIpc) is 2.83. The van der Waals surface area contributed by atoms with E-state index >= 15 is 0 Å². The summed E-state index contributed by atoms with van der Waals surface area (Å²) in [5, 5.41) is 3.18. The number of halogens is 3. The molecule has 4 aromatic rings. The van der Waals surface area contributed by atoms with Crippen LogP contribution in [0.25, 0.3) is 10.9 Å². The summed E-state index contributed by atoms with van der Waals surface area (Å²) < 4.78 is 68.9. The second kappa shape index (κ2) is 9.63. The van der Waals surface area contributed by atoms with Crippen LogP contribution in [0.2, 0.25) is 0 Å². The molecule has 0 aliphatic heterocycles. The van der Waals surface area contributed by atoms with Crippen molar-refractivity contribution >= 4 is 38.2 Å². The molecule has 0 aliphatic carbocycles. The number of anilines is 2. The van der Waals surface area contributed by atoms with Gasteiger partial charge in [0.1, 0.15) is 12.3 Å². The molecule has 0 fully saturated rings. The number of rotatable bonds is 7. The van der Waals surface area contributed by atoms with Crippen LogP contribution in [0.15, 0.2) is 96.0 Å². The lowest BCUT2D eigenvalue weighted by Gasteiger charge is -2.25. The third kappa shape index (κ3) is 5.69. The van der Waals surface area contributed by atoms with Gasteiger partial charge >= 0.3 is 6.36 Å². The molecular weight excluding hydrogens is 483 g/mol. The molecule has 0 atom stereocenters. The van der Waals surface area contributed by atoms with Gasteiger partial charge in [-0.25, -0.2) is 8.42 Å². The maximum absolute atomic E-state index is 13.5. The zero-order chi connectivity index (χ0) is 25.1. The predicted octanol–water partition coefficient (Wildman–Crippen LogP) is 4.97. The first kappa shape index (κ1) is 24.0. The van der Waals surface area contributed by atoms with Crippen LogP contribution in [0.1, 0.15) is 0 Å². The van der Waals surface area contributed by atoms with Crippen LogP contribution in [0.5, 0.6) is 5.75 Å². The van der Waals surface area contributed by atoms with E-state index in [-0.39, 0.29) is 16.3 Å². The van der Waals surface area contributed by atoms with Gasteiger partial charge in [0.25, 0.3) is 10.0 Å². The monoisotopic (exact) mass is 501 g/mol. The van der Waals surface area contributed by atoms with E-state index in [1.165, 1.54) is 30.5 Å². The Morgan fingerprint density at radius 1 is 0.914 bits per heavy atom. The number of aromatic nitrogens is 1. The van der Waals surface area contributed by atoms with Crippen molar-refractivity contribution in [2.24, 2.45) is 0 Å². The van der Waals surface area contributed by atoms with E-state index in [1.54, 1.807) is 48.5 Å². The maximum atomic E-state index is 13.5. The number of pyridine rings is 1. The molecule has 1 aromatic heterocycles. The lowest BCUT2D eigenvalue weighted by molar-refractivity contribution is -0.274. The van der Waals surface area contributed by atoms with E-state index in [4.69, 9.17) is 0 Å². The predicted molar refractivity (Wildman–Crippen MR) is 124 cm³/mol. The zero-order valence-corrected chi connectivity index (χ0v) is 18.8. The number of ether oxygens (including phenoxy) is 1. The van der Waals surface area contributed by atoms with Gasteiger partial charge in [0.05, 0.1) is 16.1 Å². The first-order chi connectivity index (χ1) is 16.6. The zero-order valence-electron chi connectivity index (χ0n) is 17.9. The number of nitrogens with one attached hydrogen (secondary N) is 1. The molecule has 0 saturated carbocycles. The van der Waals surface area contributed by atoms with Gasteiger partial charge in [0, 0.05) is 17.3 Å². The normalized spacial score (nSPS) is 11.7. The number of nitrogens with zero attached hydrogens (tertiary/aromatic N) is 2. The number of para-hydroxylation sites is 1. The van der Waals surface area contributed by atoms with Gasteiger partial charge in [-0.2, -0.15) is 0 Å². The Bertz CT molecular complexity index is 1440. The average molecular weight is 501 g/mol. The molecule has 0 saturated heterocycles. The highest BCUT2D eigenvalue weighted by atomic mass is 32.2. The molecule has 4 rings (SSSR count). The van der Waals surface area contributed by atoms with Crippen molar-refractivity contribution in [1.29, 1.82) is 0 Å². The minimum absolute atomic E-state index is 0.0191. The van der Waals surface area contributed by atoms with Crippen LogP contribution in [0.3, 0.4) is 0 Å². The van der Waals surface area contributed by atoms with E-state index in [1.807, 2.05) is 0 Å². The Labute approximate surface area is 198 Å². The Hall–Kier alpha value is -4.12. The molecule has 1 amide bonds. The molecule has 35 heavy (non-hydrogen) atoms. The standard InChI is InChI=1S/C24H18F3N3O4S/c25-24(26,27)34-19-13-11-18(12-14-19)29-22(31)16-30(35(32,33)20-8-2-1-3-9-20)21-10-4-6-17-7-5-15-28-23(17)21/h1-15H,16H2,(H,29,31). The number of amides is 1. The maximum Gasteiger partial charge on any atom is 0.573 e. The summed E-state index contributed by atoms with van der Waals surface area (Å²) >= 11 is 0. The molecule has 11 heteroatoms. The number of carbonyl (C=O) groups excluding carboxylic acids is 1. The molecular formula is C24H18F3N3O4S. The molecule has 1 N–H and O–H groups in total. The first-order valence-electron chi connectivity index (χ1n) is 10.2. The van der Waals surface area contributed by atoms with Crippen molar-refractivity contribution in [2.75, 3.05) is 16.2 Å². The number of hydrogen-bond acceptors (Lipinski definition) is 5. The van der Waals surface area contributed by atoms with Gasteiger partial charge in [0.2, 0.25) is 5.91 Å². The summed E-state index contributed by atoms with van der Waals surface area (Å²) in [6.07, 6.45) is -3.33. The fourth-order valence-electron chi connectivity index (χ4n) is 3.38. The SMILES string of the molecule is O=C(CN(c1cccc2cccnc12)S(=O)(=O)c1ccccc1)Nc1ccc(OC(F)(F)F)cc1. The van der Waals surface area contributed by atoms with E-state index < -0.39 is 34.6 Å². The molecule has 7 nitrogen and oxygen atoms in total. The largest absolute Gasteiger partial charge is 0.573 e. The van der Waals surface area contributed by atoms with Gasteiger partial charge in [-0.1, -0.05) is 36.4 Å². The van der Waals surface area contributed by atoms with Crippen LogP contribution in [-0.4, -0.2) is 32.2 Å². The van der Waals surface area contributed by atoms with Crippen LogP contribution in [0, 0.1) is 0 Å². The van der Waals surface area contributed by atoms with Crippen molar-refractivity contribution in [3.63, 3.8) is 0 Å². The summed E-state index contributed by atoms with van der Waals surface area (Å²) in [5.74, 6) is -1.16. The van der Waals surface area contributed by atoms with Gasteiger partial charge in [-0.05, 0) is 48.5 Å². The Kier molecular flexibility index (Phi) is 6.61. The quantitative estimate of drug-likeness (QED) is 0.386. The van der Waals surface area contributed by atoms with Gasteiger partial charge in [-0.3, -0.25) is 14.1 Å². The Morgan fingerprint density at radius 3 is 2.29 bits per heavy atom. The number of sulfonamides is 1. The van der Waals surface area contributed by atoms with E-state index in [0.717, 1.165) is 16.4 Å². The molecule has 0 bridgehead atoms. The number of alkyl halides is 3. The molecule has 3 aromatic carbocycles. The van der Waals surface area contributed by atoms with Crippen molar-refractivity contribution in [3.05, 3.63) is 91.1 Å². The van der Waals surface area contributed by atoms with E-state index in [9.17, 15) is 26.4 Å². The van der Waals surface area contributed by atoms with Crippen molar-refractivity contribution in [2.45, 2.75) is 11.3 Å². The second-order valence-corrected chi connectivity index (χ2v) is 9.16. The lowest BCUT2D eigenvalue weighted by Crippen LogP contribution is -2.38. The summed E-state index contributed by atoms with van der Waals surface area (Å²) in [5.41, 5.74) is 0.754. The summed E-state index contributed by atoms with van der Waals surface area (Å²) in [7, 11) is -4.17. The molecule has 180 valence electrons. The van der Waals surface area contributed by atoms with Crippen molar-refractivity contribution in [3.8, 4) is 5.75 Å². The molecule has 0 spiro atoms. The smallest absolute Gasteiger partial charge is 0.406 e. The minimum atomic E-state index is -4.84. The number of carbonyl (C=O) groups is 1. The van der Waals surface area contributed by atoms with Gasteiger partial charge in [-0.15, -0.1) is 13.2 Å². The summed E-state index contributed by atoms with van der Waals surface area (Å²) in [4.78, 5) is 17.2.